The predicted octanol–water partition coefficient (Wildman–Crippen LogP) is 1.82. The Balaban J connectivity index is 1.61. The zero-order chi connectivity index (χ0) is 14.2. The summed E-state index contributed by atoms with van der Waals surface area (Å²) >= 11 is 0. The molecule has 0 amide bonds. The molecule has 0 saturated carbocycles. The van der Waals surface area contributed by atoms with Crippen LogP contribution in [-0.4, -0.2) is 20.4 Å². The number of benzene rings is 1. The smallest absolute Gasteiger partial charge is 0.146 e. The summed E-state index contributed by atoms with van der Waals surface area (Å²) in [5, 5.41) is 11.3. The maximum Gasteiger partial charge on any atom is 0.146 e. The van der Waals surface area contributed by atoms with E-state index in [1.807, 2.05) is 11.6 Å². The topological polar surface area (TPSA) is 52.0 Å². The van der Waals surface area contributed by atoms with Crippen LogP contribution in [0.2, 0.25) is 0 Å². The van der Waals surface area contributed by atoms with Gasteiger partial charge in [-0.2, -0.15) is 0 Å². The second-order valence-corrected chi connectivity index (χ2v) is 5.94. The molecule has 1 aliphatic heterocycles. The van der Waals surface area contributed by atoms with Crippen LogP contribution in [0.15, 0.2) is 24.5 Å². The lowest BCUT2D eigenvalue weighted by molar-refractivity contribution is 0.138. The summed E-state index contributed by atoms with van der Waals surface area (Å²) in [7, 11) is 1.95. The van der Waals surface area contributed by atoms with Gasteiger partial charge in [0.15, 0.2) is 0 Å². The Labute approximate surface area is 119 Å². The minimum absolute atomic E-state index is 0.0764. The van der Waals surface area contributed by atoms with E-state index in [2.05, 4.69) is 47.6 Å². The molecule has 1 N–H and O–H groups in total. The Kier molecular flexibility index (Phi) is 3.22. The molecule has 0 bridgehead atoms. The summed E-state index contributed by atoms with van der Waals surface area (Å²) < 4.78 is 7.81. The molecule has 5 nitrogen and oxygen atoms in total. The van der Waals surface area contributed by atoms with E-state index < -0.39 is 0 Å². The molecular weight excluding hydrogens is 252 g/mol. The van der Waals surface area contributed by atoms with Crippen LogP contribution in [0.4, 0.5) is 0 Å². The molecule has 2 heterocycles. The molecule has 0 saturated heterocycles. The number of hydrogen-bond donors (Lipinski definition) is 1. The molecular formula is C15H20N4O. The third kappa shape index (κ3) is 2.67. The second kappa shape index (κ2) is 4.90. The normalized spacial score (nSPS) is 15.9. The third-order valence-electron chi connectivity index (χ3n) is 3.54. The van der Waals surface area contributed by atoms with Gasteiger partial charge in [0, 0.05) is 20.0 Å². The lowest BCUT2D eigenvalue weighted by Gasteiger charge is -2.16. The van der Waals surface area contributed by atoms with Crippen molar-refractivity contribution in [1.82, 2.24) is 20.1 Å². The van der Waals surface area contributed by atoms with E-state index in [4.69, 9.17) is 4.74 Å². The van der Waals surface area contributed by atoms with Crippen LogP contribution in [-0.2, 0) is 26.6 Å². The highest BCUT2D eigenvalue weighted by molar-refractivity contribution is 5.41. The fourth-order valence-corrected chi connectivity index (χ4v) is 2.56. The average Bonchev–Trinajstić information content (AvgIpc) is 2.91. The highest BCUT2D eigenvalue weighted by Crippen LogP contribution is 2.35. The molecule has 0 radical (unpaired) electrons. The first-order valence-corrected chi connectivity index (χ1v) is 6.88. The first kappa shape index (κ1) is 13.1. The van der Waals surface area contributed by atoms with Gasteiger partial charge in [0.1, 0.15) is 23.5 Å². The van der Waals surface area contributed by atoms with Gasteiger partial charge in [-0.05, 0) is 31.0 Å². The fourth-order valence-electron chi connectivity index (χ4n) is 2.56. The van der Waals surface area contributed by atoms with Crippen molar-refractivity contribution in [2.75, 3.05) is 0 Å². The Bertz CT molecular complexity index is 618. The second-order valence-electron chi connectivity index (χ2n) is 5.94. The molecule has 20 heavy (non-hydrogen) atoms. The molecule has 0 spiro atoms. The zero-order valence-corrected chi connectivity index (χ0v) is 12.2. The Hall–Kier alpha value is -1.88. The van der Waals surface area contributed by atoms with Crippen LogP contribution in [0.1, 0.15) is 30.8 Å². The number of hydrogen-bond acceptors (Lipinski definition) is 4. The summed E-state index contributed by atoms with van der Waals surface area (Å²) in [6, 6.07) is 6.42. The minimum atomic E-state index is -0.0764. The van der Waals surface area contributed by atoms with E-state index in [-0.39, 0.29) is 5.60 Å². The van der Waals surface area contributed by atoms with E-state index in [0.29, 0.717) is 0 Å². The molecule has 0 aliphatic carbocycles. The van der Waals surface area contributed by atoms with E-state index >= 15 is 0 Å². The van der Waals surface area contributed by atoms with Crippen LogP contribution in [0.5, 0.6) is 5.75 Å². The number of nitrogens with zero attached hydrogens (tertiary/aromatic N) is 3. The van der Waals surface area contributed by atoms with E-state index in [1.54, 1.807) is 6.33 Å². The molecule has 5 heteroatoms. The van der Waals surface area contributed by atoms with Crippen molar-refractivity contribution in [3.63, 3.8) is 0 Å². The summed E-state index contributed by atoms with van der Waals surface area (Å²) in [5.74, 6) is 1.96. The van der Waals surface area contributed by atoms with E-state index in [1.165, 1.54) is 11.1 Å². The van der Waals surface area contributed by atoms with Crippen LogP contribution < -0.4 is 10.1 Å². The van der Waals surface area contributed by atoms with Crippen LogP contribution in [0, 0.1) is 0 Å². The molecule has 0 atom stereocenters. The van der Waals surface area contributed by atoms with Crippen molar-refractivity contribution in [3.8, 4) is 5.75 Å². The Morgan fingerprint density at radius 2 is 2.20 bits per heavy atom. The standard InChI is InChI=1S/C15H20N4O/c1-15(2)7-12-6-11(4-5-13(12)20-15)8-16-9-14-18-17-10-19(14)3/h4-6,10,16H,7-9H2,1-3H3. The highest BCUT2D eigenvalue weighted by atomic mass is 16.5. The molecule has 1 aromatic heterocycles. The maximum absolute atomic E-state index is 5.89. The predicted molar refractivity (Wildman–Crippen MR) is 76.4 cm³/mol. The van der Waals surface area contributed by atoms with Crippen LogP contribution in [0.3, 0.4) is 0 Å². The fraction of sp³-hybridized carbons (Fsp3) is 0.467. The first-order valence-electron chi connectivity index (χ1n) is 6.88. The van der Waals surface area contributed by atoms with Crippen molar-refractivity contribution in [3.05, 3.63) is 41.5 Å². The summed E-state index contributed by atoms with van der Waals surface area (Å²) in [5.41, 5.74) is 2.49. The summed E-state index contributed by atoms with van der Waals surface area (Å²) in [6.45, 7) is 5.79. The van der Waals surface area contributed by atoms with Crippen molar-refractivity contribution in [2.24, 2.45) is 7.05 Å². The lowest BCUT2D eigenvalue weighted by Crippen LogP contribution is -2.24. The molecule has 1 aromatic carbocycles. The zero-order valence-electron chi connectivity index (χ0n) is 12.2. The van der Waals surface area contributed by atoms with Gasteiger partial charge < -0.3 is 14.6 Å². The molecule has 3 rings (SSSR count). The van der Waals surface area contributed by atoms with Gasteiger partial charge in [0.2, 0.25) is 0 Å². The number of fused-ring (bicyclic) bond motifs is 1. The van der Waals surface area contributed by atoms with Crippen molar-refractivity contribution in [1.29, 1.82) is 0 Å². The lowest BCUT2D eigenvalue weighted by atomic mass is 10.0. The summed E-state index contributed by atoms with van der Waals surface area (Å²) in [4.78, 5) is 0. The Morgan fingerprint density at radius 3 is 2.95 bits per heavy atom. The van der Waals surface area contributed by atoms with E-state index in [0.717, 1.165) is 31.1 Å². The SMILES string of the molecule is Cn1cnnc1CNCc1ccc2c(c1)CC(C)(C)O2. The quantitative estimate of drug-likeness (QED) is 0.922. The third-order valence-corrected chi connectivity index (χ3v) is 3.54. The van der Waals surface area contributed by atoms with Crippen molar-refractivity contribution >= 4 is 0 Å². The van der Waals surface area contributed by atoms with Gasteiger partial charge in [-0.1, -0.05) is 12.1 Å². The van der Waals surface area contributed by atoms with Crippen molar-refractivity contribution < 1.29 is 4.74 Å². The molecule has 1 aliphatic rings. The van der Waals surface area contributed by atoms with Gasteiger partial charge in [0.05, 0.1) is 6.54 Å². The van der Waals surface area contributed by atoms with Crippen LogP contribution in [0.25, 0.3) is 0 Å². The first-order chi connectivity index (χ1) is 9.53. The van der Waals surface area contributed by atoms with Gasteiger partial charge in [-0.25, -0.2) is 0 Å². The van der Waals surface area contributed by atoms with Gasteiger partial charge in [-0.15, -0.1) is 10.2 Å². The Morgan fingerprint density at radius 1 is 1.35 bits per heavy atom. The number of rotatable bonds is 4. The number of aromatic nitrogens is 3. The molecule has 0 unspecified atom stereocenters. The largest absolute Gasteiger partial charge is 0.487 e. The highest BCUT2D eigenvalue weighted by Gasteiger charge is 2.29. The molecule has 106 valence electrons. The van der Waals surface area contributed by atoms with Gasteiger partial charge in [-0.3, -0.25) is 0 Å². The monoisotopic (exact) mass is 272 g/mol. The van der Waals surface area contributed by atoms with Gasteiger partial charge in [0.25, 0.3) is 0 Å². The number of ether oxygens (including phenoxy) is 1. The average molecular weight is 272 g/mol. The summed E-state index contributed by atoms with van der Waals surface area (Å²) in [6.07, 6.45) is 2.69. The van der Waals surface area contributed by atoms with Crippen molar-refractivity contribution in [2.45, 2.75) is 39.0 Å². The minimum Gasteiger partial charge on any atom is -0.487 e. The number of aryl methyl sites for hydroxylation is 1. The van der Waals surface area contributed by atoms with Crippen LogP contribution >= 0.6 is 0 Å². The van der Waals surface area contributed by atoms with E-state index in [9.17, 15) is 0 Å². The molecule has 0 fully saturated rings. The maximum atomic E-state index is 5.89. The number of nitrogens with one attached hydrogen (secondary N) is 1. The van der Waals surface area contributed by atoms with Gasteiger partial charge >= 0.3 is 0 Å². The molecule has 2 aromatic rings.